The maximum Gasteiger partial charge on any atom is 0.348 e. The molecule has 0 unspecified atom stereocenters. The van der Waals surface area contributed by atoms with E-state index in [0.29, 0.717) is 52.9 Å². The molecule has 1 aliphatic rings. The van der Waals surface area contributed by atoms with E-state index in [0.717, 1.165) is 11.3 Å². The zero-order chi connectivity index (χ0) is 20.5. The number of hydrogen-bond acceptors (Lipinski definition) is 7. The fourth-order valence-corrected chi connectivity index (χ4v) is 4.60. The van der Waals surface area contributed by atoms with Crippen molar-refractivity contribution < 1.29 is 14.3 Å². The Hall–Kier alpha value is -2.71. The van der Waals surface area contributed by atoms with Gasteiger partial charge < -0.3 is 14.4 Å². The van der Waals surface area contributed by atoms with Crippen LogP contribution in [-0.4, -0.2) is 48.4 Å². The van der Waals surface area contributed by atoms with Gasteiger partial charge in [0.2, 0.25) is 5.95 Å². The van der Waals surface area contributed by atoms with Gasteiger partial charge in [-0.15, -0.1) is 11.3 Å². The summed E-state index contributed by atoms with van der Waals surface area (Å²) < 4.78 is 12.3. The number of carbonyl (C=O) groups is 1. The third-order valence-electron chi connectivity index (χ3n) is 4.96. The second kappa shape index (κ2) is 7.96. The van der Waals surface area contributed by atoms with Gasteiger partial charge >= 0.3 is 5.97 Å². The summed E-state index contributed by atoms with van der Waals surface area (Å²) in [5, 5.41) is 0.469. The maximum atomic E-state index is 13.6. The van der Waals surface area contributed by atoms with Crippen LogP contribution in [0.4, 0.5) is 5.95 Å². The second-order valence-corrected chi connectivity index (χ2v) is 7.95. The number of benzene rings is 1. The molecular weight excluding hydrogens is 390 g/mol. The number of nitrogens with zero attached hydrogens (tertiary/aromatic N) is 3. The molecule has 0 N–H and O–H groups in total. The molecular formula is C21H23N3O4S. The molecule has 1 aromatic carbocycles. The molecule has 0 saturated carbocycles. The highest BCUT2D eigenvalue weighted by Gasteiger charge is 2.25. The van der Waals surface area contributed by atoms with Gasteiger partial charge in [-0.25, -0.2) is 14.3 Å². The largest absolute Gasteiger partial charge is 0.462 e. The summed E-state index contributed by atoms with van der Waals surface area (Å²) >= 11 is 1.21. The standard InChI is InChI=1S/C21H23N3O4S/c1-4-28-20(26)17-14(3)16-18(29-17)22-21(23-8-10-27-11-9-23)24(19(16)25)15-7-5-6-13(2)12-15/h5-7,12H,4,8-11H2,1-3H3. The molecule has 0 radical (unpaired) electrons. The summed E-state index contributed by atoms with van der Waals surface area (Å²) in [5.41, 5.74) is 2.26. The summed E-state index contributed by atoms with van der Waals surface area (Å²) in [7, 11) is 0. The van der Waals surface area contributed by atoms with Gasteiger partial charge in [0.05, 0.1) is 30.9 Å². The van der Waals surface area contributed by atoms with Crippen molar-refractivity contribution in [1.29, 1.82) is 0 Å². The third-order valence-corrected chi connectivity index (χ3v) is 6.13. The molecule has 152 valence electrons. The van der Waals surface area contributed by atoms with Crippen molar-refractivity contribution in [1.82, 2.24) is 9.55 Å². The molecule has 3 heterocycles. The third kappa shape index (κ3) is 3.54. The Morgan fingerprint density at radius 2 is 2.03 bits per heavy atom. The minimum atomic E-state index is -0.414. The molecule has 4 rings (SSSR count). The molecule has 8 heteroatoms. The van der Waals surface area contributed by atoms with Gasteiger partial charge in [-0.1, -0.05) is 12.1 Å². The molecule has 29 heavy (non-hydrogen) atoms. The first-order valence-electron chi connectivity index (χ1n) is 9.64. The second-order valence-electron chi connectivity index (χ2n) is 6.95. The molecule has 1 aliphatic heterocycles. The zero-order valence-electron chi connectivity index (χ0n) is 16.7. The van der Waals surface area contributed by atoms with Crippen molar-refractivity contribution in [3.63, 3.8) is 0 Å². The smallest absolute Gasteiger partial charge is 0.348 e. The Balaban J connectivity index is 1.99. The lowest BCUT2D eigenvalue weighted by Gasteiger charge is -2.29. The van der Waals surface area contributed by atoms with Gasteiger partial charge in [-0.2, -0.15) is 0 Å². The number of ether oxygens (including phenoxy) is 2. The van der Waals surface area contributed by atoms with Gasteiger partial charge in [0, 0.05) is 13.1 Å². The quantitative estimate of drug-likeness (QED) is 0.612. The number of thiophene rings is 1. The molecule has 0 bridgehead atoms. The van der Waals surface area contributed by atoms with Crippen LogP contribution in [0.25, 0.3) is 15.9 Å². The van der Waals surface area contributed by atoms with Crippen LogP contribution < -0.4 is 10.5 Å². The molecule has 0 spiro atoms. The highest BCUT2D eigenvalue weighted by molar-refractivity contribution is 7.20. The van der Waals surface area contributed by atoms with Gasteiger partial charge in [0.1, 0.15) is 9.71 Å². The number of aryl methyl sites for hydroxylation is 2. The summed E-state index contributed by atoms with van der Waals surface area (Å²) in [6, 6.07) is 7.78. The van der Waals surface area contributed by atoms with E-state index in [9.17, 15) is 9.59 Å². The Morgan fingerprint density at radius 3 is 2.72 bits per heavy atom. The first kappa shape index (κ1) is 19.6. The minimum Gasteiger partial charge on any atom is -0.462 e. The Kier molecular flexibility index (Phi) is 5.38. The van der Waals surface area contributed by atoms with Gasteiger partial charge in [-0.3, -0.25) is 4.79 Å². The maximum absolute atomic E-state index is 13.6. The van der Waals surface area contributed by atoms with Crippen molar-refractivity contribution in [3.05, 3.63) is 50.6 Å². The summed E-state index contributed by atoms with van der Waals surface area (Å²) in [6.45, 7) is 8.29. The summed E-state index contributed by atoms with van der Waals surface area (Å²) in [6.07, 6.45) is 0. The summed E-state index contributed by atoms with van der Waals surface area (Å²) in [5.74, 6) is 0.162. The van der Waals surface area contributed by atoms with Crippen molar-refractivity contribution in [2.45, 2.75) is 20.8 Å². The molecule has 3 aromatic rings. The molecule has 1 fully saturated rings. The van der Waals surface area contributed by atoms with Crippen LogP contribution >= 0.6 is 11.3 Å². The lowest BCUT2D eigenvalue weighted by atomic mass is 10.2. The van der Waals surface area contributed by atoms with Crippen LogP contribution in [0.15, 0.2) is 29.1 Å². The Morgan fingerprint density at radius 1 is 1.28 bits per heavy atom. The molecule has 0 amide bonds. The van der Waals surface area contributed by atoms with E-state index in [2.05, 4.69) is 4.90 Å². The molecule has 0 aliphatic carbocycles. The highest BCUT2D eigenvalue weighted by atomic mass is 32.1. The SMILES string of the molecule is CCOC(=O)c1sc2nc(N3CCOCC3)n(-c3cccc(C)c3)c(=O)c2c1C. The van der Waals surface area contributed by atoms with Crippen LogP contribution in [0, 0.1) is 13.8 Å². The zero-order valence-corrected chi connectivity index (χ0v) is 17.5. The van der Waals surface area contributed by atoms with E-state index in [1.54, 1.807) is 18.4 Å². The van der Waals surface area contributed by atoms with Crippen molar-refractivity contribution in [2.75, 3.05) is 37.8 Å². The van der Waals surface area contributed by atoms with Crippen LogP contribution in [0.1, 0.15) is 27.7 Å². The van der Waals surface area contributed by atoms with E-state index >= 15 is 0 Å². The number of hydrogen-bond donors (Lipinski definition) is 0. The predicted molar refractivity (Wildman–Crippen MR) is 114 cm³/mol. The van der Waals surface area contributed by atoms with E-state index in [1.807, 2.05) is 31.2 Å². The van der Waals surface area contributed by atoms with E-state index in [4.69, 9.17) is 14.5 Å². The Bertz CT molecular complexity index is 1130. The molecule has 2 aromatic heterocycles. The number of esters is 1. The van der Waals surface area contributed by atoms with Crippen molar-refractivity contribution >= 4 is 33.5 Å². The van der Waals surface area contributed by atoms with E-state index in [-0.39, 0.29) is 12.2 Å². The lowest BCUT2D eigenvalue weighted by molar-refractivity contribution is 0.0531. The fraction of sp³-hybridized carbons (Fsp3) is 0.381. The van der Waals surface area contributed by atoms with Gasteiger partial charge in [-0.05, 0) is 44.0 Å². The number of aromatic nitrogens is 2. The lowest BCUT2D eigenvalue weighted by Crippen LogP contribution is -2.40. The summed E-state index contributed by atoms with van der Waals surface area (Å²) in [4.78, 5) is 33.9. The number of fused-ring (bicyclic) bond motifs is 1. The fourth-order valence-electron chi connectivity index (χ4n) is 3.54. The van der Waals surface area contributed by atoms with Crippen LogP contribution in [0.5, 0.6) is 0 Å². The number of carbonyl (C=O) groups excluding carboxylic acids is 1. The number of rotatable bonds is 4. The number of morpholine rings is 1. The molecule has 0 atom stereocenters. The highest BCUT2D eigenvalue weighted by Crippen LogP contribution is 2.31. The van der Waals surface area contributed by atoms with Gasteiger partial charge in [0.15, 0.2) is 0 Å². The van der Waals surface area contributed by atoms with Crippen LogP contribution in [-0.2, 0) is 9.47 Å². The van der Waals surface area contributed by atoms with Crippen molar-refractivity contribution in [3.8, 4) is 5.69 Å². The topological polar surface area (TPSA) is 73.7 Å². The normalized spacial score (nSPS) is 14.4. The number of anilines is 1. The van der Waals surface area contributed by atoms with E-state index in [1.165, 1.54) is 11.3 Å². The first-order valence-corrected chi connectivity index (χ1v) is 10.5. The predicted octanol–water partition coefficient (Wildman–Crippen LogP) is 3.08. The van der Waals surface area contributed by atoms with Crippen LogP contribution in [0.2, 0.25) is 0 Å². The van der Waals surface area contributed by atoms with Gasteiger partial charge in [0.25, 0.3) is 5.56 Å². The minimum absolute atomic E-state index is 0.175. The monoisotopic (exact) mass is 413 g/mol. The molecule has 1 saturated heterocycles. The van der Waals surface area contributed by atoms with Crippen molar-refractivity contribution in [2.24, 2.45) is 0 Å². The van der Waals surface area contributed by atoms with E-state index < -0.39 is 5.97 Å². The molecule has 7 nitrogen and oxygen atoms in total. The first-order chi connectivity index (χ1) is 14.0. The Labute approximate surface area is 172 Å². The average molecular weight is 413 g/mol. The average Bonchev–Trinajstić information content (AvgIpc) is 3.05. The van der Waals surface area contributed by atoms with Crippen LogP contribution in [0.3, 0.4) is 0 Å².